The van der Waals surface area contributed by atoms with Gasteiger partial charge >= 0.3 is 6.18 Å². The Bertz CT molecular complexity index is 887. The molecule has 2 amide bonds. The number of hydrogen-bond donors (Lipinski definition) is 1. The molecule has 1 unspecified atom stereocenters. The highest BCUT2D eigenvalue weighted by atomic mass is 35.5. The van der Waals surface area contributed by atoms with Crippen LogP contribution in [0.1, 0.15) is 35.4 Å². The highest BCUT2D eigenvalue weighted by molar-refractivity contribution is 8.00. The number of benzene rings is 1. The number of nitrogens with two attached hydrogens (primary N) is 1. The number of aromatic nitrogens is 3. The monoisotopic (exact) mass is 433 g/mol. The van der Waals surface area contributed by atoms with E-state index in [1.165, 1.54) is 12.1 Å². The summed E-state index contributed by atoms with van der Waals surface area (Å²) in [4.78, 5) is 26.7. The summed E-state index contributed by atoms with van der Waals surface area (Å²) in [5, 5.41) is 5.90. The zero-order valence-corrected chi connectivity index (χ0v) is 15.9. The SMILES string of the molecule is Nn1c(SC2CCCCN(C(=O)c3ccc(Cl)cc3)C2=O)nnc1C(F)(F)F. The number of imide groups is 1. The normalized spacial score (nSPS) is 18.2. The molecular weight excluding hydrogens is 419 g/mol. The molecule has 0 spiro atoms. The molecule has 12 heteroatoms. The first kappa shape index (κ1) is 20.5. The number of likely N-dealkylation sites (tertiary alicyclic amines) is 1. The quantitative estimate of drug-likeness (QED) is 0.590. The van der Waals surface area contributed by atoms with Gasteiger partial charge in [0.15, 0.2) is 0 Å². The summed E-state index contributed by atoms with van der Waals surface area (Å²) in [6.07, 6.45) is -3.17. The van der Waals surface area contributed by atoms with Crippen molar-refractivity contribution in [2.45, 2.75) is 35.8 Å². The van der Waals surface area contributed by atoms with Gasteiger partial charge in [-0.25, -0.2) is 4.68 Å². The Kier molecular flexibility index (Phi) is 5.84. The average molecular weight is 434 g/mol. The number of hydrogen-bond acceptors (Lipinski definition) is 6. The van der Waals surface area contributed by atoms with E-state index in [1.54, 1.807) is 12.1 Å². The molecule has 2 aromatic rings. The molecule has 3 rings (SSSR count). The van der Waals surface area contributed by atoms with Crippen LogP contribution >= 0.6 is 23.4 Å². The van der Waals surface area contributed by atoms with E-state index in [0.717, 1.165) is 16.7 Å². The van der Waals surface area contributed by atoms with Crippen molar-refractivity contribution < 1.29 is 22.8 Å². The van der Waals surface area contributed by atoms with Gasteiger partial charge in [-0.1, -0.05) is 29.8 Å². The molecule has 2 heterocycles. The van der Waals surface area contributed by atoms with Crippen molar-refractivity contribution in [1.82, 2.24) is 19.8 Å². The van der Waals surface area contributed by atoms with E-state index in [-0.39, 0.29) is 11.7 Å². The third-order valence-electron chi connectivity index (χ3n) is 4.14. The van der Waals surface area contributed by atoms with Crippen molar-refractivity contribution in [1.29, 1.82) is 0 Å². The van der Waals surface area contributed by atoms with Gasteiger partial charge in [0.05, 0.1) is 5.25 Å². The summed E-state index contributed by atoms with van der Waals surface area (Å²) in [6, 6.07) is 6.10. The maximum absolute atomic E-state index is 12.9. The highest BCUT2D eigenvalue weighted by Gasteiger charge is 2.39. The van der Waals surface area contributed by atoms with Gasteiger partial charge in [0.25, 0.3) is 11.7 Å². The van der Waals surface area contributed by atoms with Gasteiger partial charge in [0.2, 0.25) is 11.1 Å². The van der Waals surface area contributed by atoms with E-state index < -0.39 is 29.1 Å². The first-order chi connectivity index (χ1) is 13.2. The number of nitrogen functional groups attached to an aromatic ring is 1. The number of amides is 2. The number of thioether (sulfide) groups is 1. The smallest absolute Gasteiger partial charge is 0.335 e. The maximum Gasteiger partial charge on any atom is 0.453 e. The highest BCUT2D eigenvalue weighted by Crippen LogP contribution is 2.33. The lowest BCUT2D eigenvalue weighted by atomic mass is 10.2. The third-order valence-corrected chi connectivity index (χ3v) is 5.60. The number of halogens is 4. The van der Waals surface area contributed by atoms with Crippen molar-refractivity contribution in [3.05, 3.63) is 40.7 Å². The van der Waals surface area contributed by atoms with Crippen LogP contribution in [0.25, 0.3) is 0 Å². The van der Waals surface area contributed by atoms with Crippen LogP contribution in [-0.4, -0.2) is 43.4 Å². The number of alkyl halides is 3. The first-order valence-corrected chi connectivity index (χ1v) is 9.50. The molecule has 1 aromatic heterocycles. The Morgan fingerprint density at radius 3 is 2.50 bits per heavy atom. The van der Waals surface area contributed by atoms with Crippen molar-refractivity contribution in [3.8, 4) is 0 Å². The van der Waals surface area contributed by atoms with Crippen molar-refractivity contribution in [3.63, 3.8) is 0 Å². The second-order valence-electron chi connectivity index (χ2n) is 6.08. The molecule has 1 aliphatic heterocycles. The van der Waals surface area contributed by atoms with Gasteiger partial charge < -0.3 is 5.84 Å². The van der Waals surface area contributed by atoms with Crippen LogP contribution in [0, 0.1) is 0 Å². The van der Waals surface area contributed by atoms with Gasteiger partial charge in [-0.05, 0) is 37.1 Å². The largest absolute Gasteiger partial charge is 0.453 e. The lowest BCUT2D eigenvalue weighted by molar-refractivity contribution is -0.146. The topological polar surface area (TPSA) is 94.1 Å². The van der Waals surface area contributed by atoms with Gasteiger partial charge in [-0.3, -0.25) is 14.5 Å². The Hall–Kier alpha value is -2.27. The van der Waals surface area contributed by atoms with Gasteiger partial charge in [0.1, 0.15) is 0 Å². The molecular formula is C16H15ClF3N5O2S. The van der Waals surface area contributed by atoms with Crippen molar-refractivity contribution in [2.24, 2.45) is 0 Å². The fraction of sp³-hybridized carbons (Fsp3) is 0.375. The zero-order chi connectivity index (χ0) is 20.5. The second-order valence-corrected chi connectivity index (χ2v) is 7.68. The van der Waals surface area contributed by atoms with Crippen LogP contribution in [0.4, 0.5) is 13.2 Å². The van der Waals surface area contributed by atoms with E-state index >= 15 is 0 Å². The predicted octanol–water partition coefficient (Wildman–Crippen LogP) is 2.98. The number of nitrogens with zero attached hydrogens (tertiary/aromatic N) is 4. The zero-order valence-electron chi connectivity index (χ0n) is 14.3. The van der Waals surface area contributed by atoms with Crippen LogP contribution in [0.15, 0.2) is 29.4 Å². The maximum atomic E-state index is 12.9. The minimum absolute atomic E-state index is 0.223. The van der Waals surface area contributed by atoms with Crippen LogP contribution in [0.5, 0.6) is 0 Å². The van der Waals surface area contributed by atoms with E-state index in [1.807, 2.05) is 0 Å². The van der Waals surface area contributed by atoms with Crippen LogP contribution in [0.2, 0.25) is 5.02 Å². The van der Waals surface area contributed by atoms with E-state index in [0.29, 0.717) is 34.5 Å². The van der Waals surface area contributed by atoms with Gasteiger partial charge in [0, 0.05) is 17.1 Å². The molecule has 1 atom stereocenters. The lowest BCUT2D eigenvalue weighted by Gasteiger charge is -2.22. The molecule has 1 aromatic carbocycles. The van der Waals surface area contributed by atoms with E-state index in [9.17, 15) is 22.8 Å². The lowest BCUT2D eigenvalue weighted by Crippen LogP contribution is -2.41. The van der Waals surface area contributed by atoms with Crippen LogP contribution in [-0.2, 0) is 11.0 Å². The summed E-state index contributed by atoms with van der Waals surface area (Å²) in [5.74, 6) is 3.09. The van der Waals surface area contributed by atoms with Crippen LogP contribution < -0.4 is 5.84 Å². The Morgan fingerprint density at radius 1 is 1.21 bits per heavy atom. The van der Waals surface area contributed by atoms with E-state index in [4.69, 9.17) is 17.4 Å². The number of carbonyl (C=O) groups excluding carboxylic acids is 2. The van der Waals surface area contributed by atoms with Gasteiger partial charge in [-0.2, -0.15) is 13.2 Å². The summed E-state index contributed by atoms with van der Waals surface area (Å²) < 4.78 is 38.8. The summed E-state index contributed by atoms with van der Waals surface area (Å²) in [6.45, 7) is 0.223. The molecule has 1 aliphatic rings. The second kappa shape index (κ2) is 8.00. The summed E-state index contributed by atoms with van der Waals surface area (Å²) >= 11 is 6.59. The Morgan fingerprint density at radius 2 is 1.89 bits per heavy atom. The van der Waals surface area contributed by atoms with E-state index in [2.05, 4.69) is 10.2 Å². The Balaban J connectivity index is 1.81. The predicted molar refractivity (Wildman–Crippen MR) is 96.2 cm³/mol. The first-order valence-electron chi connectivity index (χ1n) is 8.24. The van der Waals surface area contributed by atoms with Crippen LogP contribution in [0.3, 0.4) is 0 Å². The minimum atomic E-state index is -4.76. The molecule has 28 heavy (non-hydrogen) atoms. The average Bonchev–Trinajstić information content (AvgIpc) is 2.90. The Labute approximate surface area is 167 Å². The molecule has 150 valence electrons. The minimum Gasteiger partial charge on any atom is -0.335 e. The van der Waals surface area contributed by atoms with Crippen molar-refractivity contribution in [2.75, 3.05) is 12.4 Å². The molecule has 0 radical (unpaired) electrons. The molecule has 2 N–H and O–H groups in total. The molecule has 0 saturated carbocycles. The fourth-order valence-corrected chi connectivity index (χ4v) is 3.93. The third kappa shape index (κ3) is 4.25. The number of rotatable bonds is 3. The molecule has 1 fully saturated rings. The fourth-order valence-electron chi connectivity index (χ4n) is 2.74. The summed E-state index contributed by atoms with van der Waals surface area (Å²) in [7, 11) is 0. The summed E-state index contributed by atoms with van der Waals surface area (Å²) in [5.41, 5.74) is 0.296. The standard InChI is InChI=1S/C16H15ClF3N5O2S/c17-10-6-4-9(5-7-10)12(26)24-8-2-1-3-11(13(24)27)28-15-23-22-14(25(15)21)16(18,19)20/h4-7,11H,1-3,8,21H2. The number of carbonyl (C=O) groups is 2. The molecule has 0 aliphatic carbocycles. The van der Waals surface area contributed by atoms with Crippen molar-refractivity contribution >= 4 is 35.2 Å². The molecule has 7 nitrogen and oxygen atoms in total. The molecule has 0 bridgehead atoms. The molecule has 1 saturated heterocycles. The van der Waals surface area contributed by atoms with Gasteiger partial charge in [-0.15, -0.1) is 10.2 Å².